The number of alkyl halides is 1. The summed E-state index contributed by atoms with van der Waals surface area (Å²) >= 11 is 7.00. The van der Waals surface area contributed by atoms with Gasteiger partial charge in [0.25, 0.3) is 0 Å². The predicted molar refractivity (Wildman–Crippen MR) is 98.6 cm³/mol. The van der Waals surface area contributed by atoms with Gasteiger partial charge in [-0.25, -0.2) is 0 Å². The maximum absolute atomic E-state index is 11.6. The molecule has 134 valence electrons. The van der Waals surface area contributed by atoms with Gasteiger partial charge >= 0.3 is 5.97 Å². The van der Waals surface area contributed by atoms with Gasteiger partial charge in [0, 0.05) is 5.56 Å². The van der Waals surface area contributed by atoms with Gasteiger partial charge < -0.3 is 15.2 Å². The van der Waals surface area contributed by atoms with Gasteiger partial charge in [0.1, 0.15) is 11.0 Å². The van der Waals surface area contributed by atoms with Gasteiger partial charge in [-0.2, -0.15) is 5.10 Å². The van der Waals surface area contributed by atoms with Crippen LogP contribution in [0.15, 0.2) is 28.4 Å². The van der Waals surface area contributed by atoms with Crippen LogP contribution in [0, 0.1) is 0 Å². The average molecular weight is 384 g/mol. The van der Waals surface area contributed by atoms with Crippen LogP contribution in [0.3, 0.4) is 0 Å². The molecule has 1 aliphatic heterocycles. The molecular weight excluding hydrogens is 366 g/mol. The molecule has 1 fully saturated rings. The molecule has 1 amide bonds. The molecule has 1 aromatic carbocycles. The Morgan fingerprint density at radius 3 is 3.00 bits per heavy atom. The van der Waals surface area contributed by atoms with E-state index in [1.54, 1.807) is 0 Å². The molecule has 2 rings (SSSR count). The molecule has 2 N–H and O–H groups in total. The van der Waals surface area contributed by atoms with E-state index < -0.39 is 11.2 Å². The Bertz CT molecular complexity index is 709. The van der Waals surface area contributed by atoms with Crippen LogP contribution in [-0.4, -0.2) is 40.2 Å². The molecule has 7 nitrogen and oxygen atoms in total. The van der Waals surface area contributed by atoms with E-state index in [1.807, 2.05) is 25.1 Å². The number of halogens is 1. The molecule has 0 spiro atoms. The molecule has 1 heterocycles. The molecule has 9 heteroatoms. The minimum Gasteiger partial charge on any atom is -0.493 e. The van der Waals surface area contributed by atoms with Crippen LogP contribution in [0.1, 0.15) is 30.9 Å². The van der Waals surface area contributed by atoms with Gasteiger partial charge in [-0.05, 0) is 30.2 Å². The number of hydrogen-bond acceptors (Lipinski definition) is 6. The lowest BCUT2D eigenvalue weighted by Crippen LogP contribution is -2.26. The van der Waals surface area contributed by atoms with Gasteiger partial charge in [-0.15, -0.1) is 16.7 Å². The van der Waals surface area contributed by atoms with Crippen LogP contribution in [0.4, 0.5) is 0 Å². The first-order chi connectivity index (χ1) is 12.0. The molecule has 0 aliphatic carbocycles. The number of amidine groups is 1. The Morgan fingerprint density at radius 2 is 2.32 bits per heavy atom. The number of carbonyl (C=O) groups excluding carboxylic acids is 1. The average Bonchev–Trinajstić information content (AvgIpc) is 2.92. The Labute approximate surface area is 154 Å². The standard InChI is InChI=1S/C16H18ClN3O4S/c1-2-5-24-12-4-3-10(6-11(12)8-17)9-18-20-16-19-15(23)13(25-16)7-14(21)22/h3-4,6,9,13H,2,5,7-8H2,1H3,(H,21,22)(H,19,20,23). The lowest BCUT2D eigenvalue weighted by Gasteiger charge is -2.09. The summed E-state index contributed by atoms with van der Waals surface area (Å²) in [4.78, 5) is 22.3. The van der Waals surface area contributed by atoms with E-state index in [2.05, 4.69) is 15.5 Å². The van der Waals surface area contributed by atoms with Gasteiger partial charge in [0.2, 0.25) is 5.91 Å². The van der Waals surface area contributed by atoms with Crippen molar-refractivity contribution >= 4 is 46.6 Å². The van der Waals surface area contributed by atoms with Crippen molar-refractivity contribution in [3.05, 3.63) is 29.3 Å². The number of amides is 1. The summed E-state index contributed by atoms with van der Waals surface area (Å²) in [5, 5.41) is 18.7. The second-order valence-electron chi connectivity index (χ2n) is 5.19. The largest absolute Gasteiger partial charge is 0.493 e. The quantitative estimate of drug-likeness (QED) is 0.408. The summed E-state index contributed by atoms with van der Waals surface area (Å²) in [6.07, 6.45) is 2.19. The Morgan fingerprint density at radius 1 is 1.52 bits per heavy atom. The van der Waals surface area contributed by atoms with Crippen molar-refractivity contribution in [2.45, 2.75) is 30.9 Å². The van der Waals surface area contributed by atoms with Crippen LogP contribution in [-0.2, 0) is 15.5 Å². The fraction of sp³-hybridized carbons (Fsp3) is 0.375. The van der Waals surface area contributed by atoms with Crippen LogP contribution < -0.4 is 10.1 Å². The van der Waals surface area contributed by atoms with Gasteiger partial charge in [-0.3, -0.25) is 9.59 Å². The zero-order valence-corrected chi connectivity index (χ0v) is 15.1. The smallest absolute Gasteiger partial charge is 0.305 e. The third-order valence-electron chi connectivity index (χ3n) is 3.18. The number of nitrogens with one attached hydrogen (secondary N) is 1. The van der Waals surface area contributed by atoms with E-state index in [0.29, 0.717) is 12.5 Å². The molecule has 0 saturated carbocycles. The van der Waals surface area contributed by atoms with E-state index in [0.717, 1.165) is 35.1 Å². The number of thioether (sulfide) groups is 1. The highest BCUT2D eigenvalue weighted by molar-refractivity contribution is 8.15. The first kappa shape index (κ1) is 19.3. The number of carbonyl (C=O) groups is 2. The fourth-order valence-electron chi connectivity index (χ4n) is 2.03. The van der Waals surface area contributed by atoms with E-state index >= 15 is 0 Å². The van der Waals surface area contributed by atoms with Crippen molar-refractivity contribution in [3.63, 3.8) is 0 Å². The summed E-state index contributed by atoms with van der Waals surface area (Å²) in [6, 6.07) is 5.52. The number of hydrogen-bond donors (Lipinski definition) is 2. The maximum atomic E-state index is 11.6. The van der Waals surface area contributed by atoms with Crippen molar-refractivity contribution in [2.24, 2.45) is 10.2 Å². The first-order valence-electron chi connectivity index (χ1n) is 7.65. The minimum atomic E-state index is -1.03. The van der Waals surface area contributed by atoms with Crippen LogP contribution >= 0.6 is 23.4 Å². The number of rotatable bonds is 8. The minimum absolute atomic E-state index is 0.252. The number of carboxylic acid groups (broad SMARTS) is 1. The molecule has 1 aromatic rings. The molecule has 0 radical (unpaired) electrons. The fourth-order valence-corrected chi connectivity index (χ4v) is 3.15. The summed E-state index contributed by atoms with van der Waals surface area (Å²) in [5.41, 5.74) is 1.65. The zero-order valence-electron chi connectivity index (χ0n) is 13.6. The molecule has 25 heavy (non-hydrogen) atoms. The SMILES string of the molecule is CCCOc1ccc(C=NN=C2NC(=O)C(CC(=O)O)S2)cc1CCl. The molecule has 0 bridgehead atoms. The van der Waals surface area contributed by atoms with E-state index in [4.69, 9.17) is 21.4 Å². The number of nitrogens with zero attached hydrogens (tertiary/aromatic N) is 2. The highest BCUT2D eigenvalue weighted by Gasteiger charge is 2.32. The monoisotopic (exact) mass is 383 g/mol. The molecule has 1 saturated heterocycles. The van der Waals surface area contributed by atoms with Crippen molar-refractivity contribution in [1.82, 2.24) is 5.32 Å². The molecule has 1 aliphatic rings. The molecule has 0 aromatic heterocycles. The second kappa shape index (κ2) is 9.43. The number of carboxylic acids is 1. The summed E-state index contributed by atoms with van der Waals surface area (Å²) in [7, 11) is 0. The third kappa shape index (κ3) is 5.75. The normalized spacial score (nSPS) is 18.7. The molecule has 1 atom stereocenters. The van der Waals surface area contributed by atoms with Gasteiger partial charge in [0.15, 0.2) is 5.17 Å². The van der Waals surface area contributed by atoms with Crippen LogP contribution in [0.5, 0.6) is 5.75 Å². The van der Waals surface area contributed by atoms with E-state index in [-0.39, 0.29) is 17.5 Å². The Kier molecular flexibility index (Phi) is 7.27. The zero-order chi connectivity index (χ0) is 18.2. The van der Waals surface area contributed by atoms with Crippen molar-refractivity contribution in [1.29, 1.82) is 0 Å². The van der Waals surface area contributed by atoms with Crippen molar-refractivity contribution in [2.75, 3.05) is 6.61 Å². The van der Waals surface area contributed by atoms with Gasteiger partial charge in [0.05, 0.1) is 25.1 Å². The van der Waals surface area contributed by atoms with Crippen molar-refractivity contribution < 1.29 is 19.4 Å². The van der Waals surface area contributed by atoms with E-state index in [1.165, 1.54) is 6.21 Å². The highest BCUT2D eigenvalue weighted by atomic mass is 35.5. The summed E-state index contributed by atoms with van der Waals surface area (Å²) in [6.45, 7) is 2.65. The number of benzene rings is 1. The van der Waals surface area contributed by atoms with Crippen LogP contribution in [0.25, 0.3) is 0 Å². The van der Waals surface area contributed by atoms with Crippen LogP contribution in [0.2, 0.25) is 0 Å². The summed E-state index contributed by atoms with van der Waals surface area (Å²) < 4.78 is 5.62. The highest BCUT2D eigenvalue weighted by Crippen LogP contribution is 2.23. The van der Waals surface area contributed by atoms with E-state index in [9.17, 15) is 9.59 Å². The first-order valence-corrected chi connectivity index (χ1v) is 9.07. The second-order valence-corrected chi connectivity index (χ2v) is 6.65. The molecular formula is C16H18ClN3O4S. The predicted octanol–water partition coefficient (Wildman–Crippen LogP) is 2.61. The number of aliphatic carboxylic acids is 1. The van der Waals surface area contributed by atoms with Gasteiger partial charge in [-0.1, -0.05) is 18.7 Å². The maximum Gasteiger partial charge on any atom is 0.305 e. The Hall–Kier alpha value is -2.06. The molecule has 1 unspecified atom stereocenters. The number of ether oxygens (including phenoxy) is 1. The van der Waals surface area contributed by atoms with Crippen molar-refractivity contribution in [3.8, 4) is 5.75 Å². The third-order valence-corrected chi connectivity index (χ3v) is 4.54. The lowest BCUT2D eigenvalue weighted by molar-refractivity contribution is -0.138. The topological polar surface area (TPSA) is 100 Å². The summed E-state index contributed by atoms with van der Waals surface area (Å²) in [5.74, 6) is -0.340. The lowest BCUT2D eigenvalue weighted by atomic mass is 10.1. The Balaban J connectivity index is 2.02.